The van der Waals surface area contributed by atoms with E-state index in [4.69, 9.17) is 0 Å². The number of phenolic OH excluding ortho intramolecular Hbond substituents is 1. The van der Waals surface area contributed by atoms with E-state index in [1.165, 1.54) is 0 Å². The molecule has 0 heterocycles. The van der Waals surface area contributed by atoms with Gasteiger partial charge < -0.3 is 15.9 Å². The molecule has 124 valence electrons. The molecule has 22 heavy (non-hydrogen) atoms. The largest absolute Gasteiger partial charge is 0.508 e. The molecular weight excluding hydrogens is 278 g/mol. The van der Waals surface area contributed by atoms with Gasteiger partial charge in [0, 0.05) is 13.0 Å². The van der Waals surface area contributed by atoms with Gasteiger partial charge in [0.05, 0.1) is 0 Å². The van der Waals surface area contributed by atoms with Crippen molar-refractivity contribution in [3.8, 4) is 5.75 Å². The number of amides is 1. The molecule has 1 amide bonds. The Morgan fingerprint density at radius 2 is 2.05 bits per heavy atom. The lowest BCUT2D eigenvalue weighted by molar-refractivity contribution is -0.121. The molecule has 0 atom stereocenters. The minimum atomic E-state index is 0. The second-order valence-corrected chi connectivity index (χ2v) is 5.82. The fourth-order valence-electron chi connectivity index (χ4n) is 2.03. The molecule has 0 aliphatic heterocycles. The predicted molar refractivity (Wildman–Crippen MR) is 90.8 cm³/mol. The monoisotopic (exact) mass is 307 g/mol. The van der Waals surface area contributed by atoms with Crippen LogP contribution in [0.4, 0.5) is 0 Å². The van der Waals surface area contributed by atoms with Crippen molar-refractivity contribution in [2.75, 3.05) is 0 Å². The smallest absolute Gasteiger partial charge is 0.220 e. The zero-order valence-corrected chi connectivity index (χ0v) is 13.9. The van der Waals surface area contributed by atoms with Gasteiger partial charge in [0.1, 0.15) is 5.75 Å². The highest BCUT2D eigenvalue weighted by Gasteiger charge is 2.02. The van der Waals surface area contributed by atoms with Crippen LogP contribution < -0.4 is 5.32 Å². The molecule has 4 heteroatoms. The van der Waals surface area contributed by atoms with Gasteiger partial charge in [-0.2, -0.15) is 0 Å². The fourth-order valence-corrected chi connectivity index (χ4v) is 2.03. The van der Waals surface area contributed by atoms with Crippen molar-refractivity contribution >= 4 is 5.91 Å². The van der Waals surface area contributed by atoms with Crippen molar-refractivity contribution in [2.24, 2.45) is 5.92 Å². The number of carbonyl (C=O) groups is 1. The zero-order valence-electron chi connectivity index (χ0n) is 13.9. The first-order valence-corrected chi connectivity index (χ1v) is 7.71. The number of hydrogen-bond donors (Lipinski definition) is 2. The van der Waals surface area contributed by atoms with E-state index in [9.17, 15) is 9.90 Å². The lowest BCUT2D eigenvalue weighted by atomic mass is 10.1. The van der Waals surface area contributed by atoms with Gasteiger partial charge in [-0.3, -0.25) is 4.79 Å². The minimum Gasteiger partial charge on any atom is -0.508 e. The lowest BCUT2D eigenvalue weighted by Crippen LogP contribution is -2.22. The number of unbranched alkanes of at least 4 members (excludes halogenated alkanes) is 2. The van der Waals surface area contributed by atoms with Gasteiger partial charge in [-0.1, -0.05) is 38.1 Å². The van der Waals surface area contributed by atoms with Gasteiger partial charge in [-0.05, 0) is 49.3 Å². The maximum absolute atomic E-state index is 11.7. The second-order valence-electron chi connectivity index (χ2n) is 5.82. The molecule has 0 radical (unpaired) electrons. The van der Waals surface area contributed by atoms with Crippen LogP contribution in [0.25, 0.3) is 0 Å². The number of rotatable bonds is 8. The van der Waals surface area contributed by atoms with Gasteiger partial charge in [0.25, 0.3) is 0 Å². The normalized spacial score (nSPS) is 10.7. The molecule has 0 spiro atoms. The average molecular weight is 307 g/mol. The van der Waals surface area contributed by atoms with E-state index in [2.05, 4.69) is 31.3 Å². The average Bonchev–Trinajstić information content (AvgIpc) is 2.43. The minimum absolute atomic E-state index is 0. The Balaban J connectivity index is 0.00000441. The molecule has 0 aliphatic carbocycles. The fraction of sp³-hybridized carbons (Fsp3) is 0.500. The van der Waals surface area contributed by atoms with Gasteiger partial charge in [-0.15, -0.1) is 0 Å². The molecular formula is C18H29NO3. The summed E-state index contributed by atoms with van der Waals surface area (Å²) in [4.78, 5) is 11.7. The Labute approximate surface area is 133 Å². The summed E-state index contributed by atoms with van der Waals surface area (Å²) in [5, 5.41) is 12.4. The number of hydrogen-bond acceptors (Lipinski definition) is 2. The van der Waals surface area contributed by atoms with Crippen molar-refractivity contribution in [1.82, 2.24) is 5.32 Å². The van der Waals surface area contributed by atoms with E-state index < -0.39 is 0 Å². The Morgan fingerprint density at radius 3 is 2.68 bits per heavy atom. The molecule has 0 saturated heterocycles. The van der Waals surface area contributed by atoms with Gasteiger partial charge >= 0.3 is 0 Å². The summed E-state index contributed by atoms with van der Waals surface area (Å²) in [5.74, 6) is 0.982. The Bertz CT molecular complexity index is 481. The van der Waals surface area contributed by atoms with Crippen LogP contribution in [0, 0.1) is 12.8 Å². The SMILES string of the molecule is Cc1cc(CNC(=O)CCCC/C=C/C(C)C)ccc1O.O. The number of carbonyl (C=O) groups excluding carboxylic acids is 1. The number of nitrogens with one attached hydrogen (secondary N) is 1. The van der Waals surface area contributed by atoms with Crippen LogP contribution in [0.3, 0.4) is 0 Å². The Kier molecular flexibility index (Phi) is 9.96. The molecule has 4 N–H and O–H groups in total. The first-order chi connectivity index (χ1) is 9.99. The number of phenols is 1. The van der Waals surface area contributed by atoms with Crippen LogP contribution in [0.1, 0.15) is 50.7 Å². The van der Waals surface area contributed by atoms with Crippen LogP contribution in [-0.2, 0) is 11.3 Å². The molecule has 0 fully saturated rings. The topological polar surface area (TPSA) is 80.8 Å². The zero-order chi connectivity index (χ0) is 15.7. The second kappa shape index (κ2) is 10.9. The first-order valence-electron chi connectivity index (χ1n) is 7.71. The summed E-state index contributed by atoms with van der Waals surface area (Å²) in [6.07, 6.45) is 7.99. The molecule has 0 unspecified atom stereocenters. The number of allylic oxidation sites excluding steroid dienone is 2. The van der Waals surface area contributed by atoms with Crippen LogP contribution >= 0.6 is 0 Å². The molecule has 4 nitrogen and oxygen atoms in total. The summed E-state index contributed by atoms with van der Waals surface area (Å²) in [7, 11) is 0. The standard InChI is InChI=1S/C18H27NO2.H2O/c1-14(2)8-6-4-5-7-9-18(21)19-13-16-10-11-17(20)15(3)12-16;/h6,8,10-12,14,20H,4-5,7,9,13H2,1-3H3,(H,19,21);1H2/b8-6+;. The molecule has 1 rings (SSSR count). The van der Waals surface area contributed by atoms with E-state index >= 15 is 0 Å². The van der Waals surface area contributed by atoms with Crippen LogP contribution in [0.2, 0.25) is 0 Å². The van der Waals surface area contributed by atoms with E-state index in [-0.39, 0.29) is 11.4 Å². The van der Waals surface area contributed by atoms with E-state index in [1.807, 2.05) is 19.1 Å². The summed E-state index contributed by atoms with van der Waals surface area (Å²) < 4.78 is 0. The van der Waals surface area contributed by atoms with Gasteiger partial charge in [-0.25, -0.2) is 0 Å². The summed E-state index contributed by atoms with van der Waals surface area (Å²) >= 11 is 0. The molecule has 0 bridgehead atoms. The molecule has 0 saturated carbocycles. The highest BCUT2D eigenvalue weighted by Crippen LogP contribution is 2.16. The van der Waals surface area contributed by atoms with Crippen LogP contribution in [-0.4, -0.2) is 16.5 Å². The van der Waals surface area contributed by atoms with Crippen molar-refractivity contribution in [3.63, 3.8) is 0 Å². The van der Waals surface area contributed by atoms with Gasteiger partial charge in [0.15, 0.2) is 0 Å². The first kappa shape index (κ1) is 20.2. The van der Waals surface area contributed by atoms with Crippen molar-refractivity contribution in [3.05, 3.63) is 41.5 Å². The van der Waals surface area contributed by atoms with Crippen LogP contribution in [0.15, 0.2) is 30.4 Å². The van der Waals surface area contributed by atoms with Gasteiger partial charge in [0.2, 0.25) is 5.91 Å². The quantitative estimate of drug-likeness (QED) is 0.571. The Hall–Kier alpha value is -1.81. The third-order valence-electron chi connectivity index (χ3n) is 3.30. The number of aromatic hydroxyl groups is 1. The third-order valence-corrected chi connectivity index (χ3v) is 3.30. The third kappa shape index (κ3) is 8.47. The summed E-state index contributed by atoms with van der Waals surface area (Å²) in [6.45, 7) is 6.70. The highest BCUT2D eigenvalue weighted by molar-refractivity contribution is 5.75. The molecule has 0 aliphatic rings. The number of benzene rings is 1. The van der Waals surface area contributed by atoms with E-state index in [1.54, 1.807) is 6.07 Å². The lowest BCUT2D eigenvalue weighted by Gasteiger charge is -2.07. The molecule has 1 aromatic rings. The van der Waals surface area contributed by atoms with E-state index in [0.717, 1.165) is 30.4 Å². The van der Waals surface area contributed by atoms with Crippen molar-refractivity contribution in [1.29, 1.82) is 0 Å². The molecule has 1 aromatic carbocycles. The molecule has 0 aromatic heterocycles. The maximum Gasteiger partial charge on any atom is 0.220 e. The van der Waals surface area contributed by atoms with Crippen molar-refractivity contribution < 1.29 is 15.4 Å². The number of aryl methyl sites for hydroxylation is 1. The highest BCUT2D eigenvalue weighted by atomic mass is 16.3. The Morgan fingerprint density at radius 1 is 1.32 bits per heavy atom. The predicted octanol–water partition coefficient (Wildman–Crippen LogP) is 3.26. The van der Waals surface area contributed by atoms with Crippen molar-refractivity contribution in [2.45, 2.75) is 53.0 Å². The maximum atomic E-state index is 11.7. The summed E-state index contributed by atoms with van der Waals surface area (Å²) in [5.41, 5.74) is 1.84. The van der Waals surface area contributed by atoms with E-state index in [0.29, 0.717) is 24.6 Å². The summed E-state index contributed by atoms with van der Waals surface area (Å²) in [6, 6.07) is 5.39. The van der Waals surface area contributed by atoms with Crippen LogP contribution in [0.5, 0.6) is 5.75 Å².